The lowest BCUT2D eigenvalue weighted by molar-refractivity contribution is 0.0589. The number of hydrogen-bond acceptors (Lipinski definition) is 4. The minimum Gasteiger partial charge on any atom is -0.464 e. The molecule has 1 N–H and O–H groups in total. The molecule has 1 amide bonds. The summed E-state index contributed by atoms with van der Waals surface area (Å²) in [5.41, 5.74) is 0.233. The molecule has 0 spiro atoms. The van der Waals surface area contributed by atoms with Gasteiger partial charge in [-0.15, -0.1) is 0 Å². The summed E-state index contributed by atoms with van der Waals surface area (Å²) in [4.78, 5) is 26.3. The third-order valence-electron chi connectivity index (χ3n) is 1.66. The predicted molar refractivity (Wildman–Crippen MR) is 49.0 cm³/mol. The average molecular weight is 194 g/mol. The number of nitrogens with zero attached hydrogens (tertiary/aromatic N) is 1. The van der Waals surface area contributed by atoms with E-state index in [4.69, 9.17) is 0 Å². The Morgan fingerprint density at radius 3 is 2.79 bits per heavy atom. The lowest BCUT2D eigenvalue weighted by Crippen LogP contribution is -2.22. The Labute approximate surface area is 81.1 Å². The Kier molecular flexibility index (Phi) is 3.17. The smallest absolute Gasteiger partial charge is 0.357 e. The summed E-state index contributed by atoms with van der Waals surface area (Å²) in [6, 6.07) is 3.09. The number of carbonyl (C=O) groups excluding carboxylic acids is 2. The fourth-order valence-electron chi connectivity index (χ4n) is 0.983. The number of amides is 1. The summed E-state index contributed by atoms with van der Waals surface area (Å²) in [5, 5.41) is 2.41. The van der Waals surface area contributed by atoms with Crippen molar-refractivity contribution in [3.63, 3.8) is 0 Å². The monoisotopic (exact) mass is 194 g/mol. The number of pyridine rings is 1. The van der Waals surface area contributed by atoms with Gasteiger partial charge in [-0.3, -0.25) is 4.79 Å². The standard InChI is InChI=1S/C9H10N2O3/c1-10-8(12)6-4-3-5-11-7(6)9(13)14-2/h3-5H,1-2H3,(H,10,12). The SMILES string of the molecule is CNC(=O)c1cccnc1C(=O)OC. The molecule has 1 aromatic heterocycles. The summed E-state index contributed by atoms with van der Waals surface area (Å²) in [6.07, 6.45) is 1.43. The van der Waals surface area contributed by atoms with E-state index < -0.39 is 5.97 Å². The highest BCUT2D eigenvalue weighted by atomic mass is 16.5. The number of esters is 1. The minimum absolute atomic E-state index is 0.0225. The van der Waals surface area contributed by atoms with Crippen molar-refractivity contribution in [1.82, 2.24) is 10.3 Å². The van der Waals surface area contributed by atoms with E-state index in [2.05, 4.69) is 15.0 Å². The molecule has 0 fully saturated rings. The van der Waals surface area contributed by atoms with Crippen LogP contribution >= 0.6 is 0 Å². The van der Waals surface area contributed by atoms with E-state index in [-0.39, 0.29) is 17.2 Å². The van der Waals surface area contributed by atoms with Crippen molar-refractivity contribution >= 4 is 11.9 Å². The molecule has 0 radical (unpaired) electrons. The van der Waals surface area contributed by atoms with Crippen molar-refractivity contribution in [2.45, 2.75) is 0 Å². The number of ether oxygens (including phenoxy) is 1. The van der Waals surface area contributed by atoms with Crippen molar-refractivity contribution in [3.8, 4) is 0 Å². The minimum atomic E-state index is -0.621. The van der Waals surface area contributed by atoms with E-state index in [9.17, 15) is 9.59 Å². The Hall–Kier alpha value is -1.91. The van der Waals surface area contributed by atoms with Crippen LogP contribution in [0.25, 0.3) is 0 Å². The molecule has 5 heteroatoms. The molecule has 1 aromatic rings. The zero-order valence-electron chi connectivity index (χ0n) is 7.90. The van der Waals surface area contributed by atoms with Gasteiger partial charge in [0.2, 0.25) is 0 Å². The van der Waals surface area contributed by atoms with E-state index >= 15 is 0 Å². The maximum atomic E-state index is 11.3. The van der Waals surface area contributed by atoms with Gasteiger partial charge in [-0.05, 0) is 12.1 Å². The maximum absolute atomic E-state index is 11.3. The van der Waals surface area contributed by atoms with Crippen LogP contribution in [0.4, 0.5) is 0 Å². The zero-order chi connectivity index (χ0) is 10.6. The molecule has 0 aliphatic rings. The number of aromatic nitrogens is 1. The van der Waals surface area contributed by atoms with E-state index in [1.165, 1.54) is 26.4 Å². The van der Waals surface area contributed by atoms with Crippen molar-refractivity contribution in [2.75, 3.05) is 14.2 Å². The van der Waals surface area contributed by atoms with Gasteiger partial charge in [0.25, 0.3) is 5.91 Å². The summed E-state index contributed by atoms with van der Waals surface area (Å²) >= 11 is 0. The van der Waals surface area contributed by atoms with E-state index in [1.54, 1.807) is 6.07 Å². The van der Waals surface area contributed by atoms with Gasteiger partial charge in [0.15, 0.2) is 5.69 Å². The zero-order valence-corrected chi connectivity index (χ0v) is 7.90. The van der Waals surface area contributed by atoms with Gasteiger partial charge in [-0.2, -0.15) is 0 Å². The van der Waals surface area contributed by atoms with Crippen LogP contribution in [-0.4, -0.2) is 31.0 Å². The molecule has 74 valence electrons. The first-order chi connectivity index (χ1) is 6.70. The van der Waals surface area contributed by atoms with Gasteiger partial charge in [-0.25, -0.2) is 9.78 Å². The van der Waals surface area contributed by atoms with Crippen LogP contribution in [0.3, 0.4) is 0 Å². The summed E-state index contributed by atoms with van der Waals surface area (Å²) < 4.78 is 4.49. The largest absolute Gasteiger partial charge is 0.464 e. The first kappa shape index (κ1) is 10.2. The molecule has 14 heavy (non-hydrogen) atoms. The van der Waals surface area contributed by atoms with Gasteiger partial charge in [-0.1, -0.05) is 0 Å². The molecular weight excluding hydrogens is 184 g/mol. The molecule has 0 unspecified atom stereocenters. The normalized spacial score (nSPS) is 9.29. The van der Waals surface area contributed by atoms with Crippen molar-refractivity contribution in [1.29, 1.82) is 0 Å². The lowest BCUT2D eigenvalue weighted by atomic mass is 10.2. The Morgan fingerprint density at radius 2 is 2.21 bits per heavy atom. The van der Waals surface area contributed by atoms with Gasteiger partial charge in [0, 0.05) is 13.2 Å². The Balaban J connectivity index is 3.15. The first-order valence-corrected chi connectivity index (χ1v) is 3.96. The fourth-order valence-corrected chi connectivity index (χ4v) is 0.983. The van der Waals surface area contributed by atoms with E-state index in [0.29, 0.717) is 0 Å². The van der Waals surface area contributed by atoms with Crippen LogP contribution in [0.1, 0.15) is 20.8 Å². The highest BCUT2D eigenvalue weighted by molar-refractivity contribution is 6.03. The molecule has 0 atom stereocenters. The summed E-state index contributed by atoms with van der Waals surface area (Å²) in [7, 11) is 2.72. The van der Waals surface area contributed by atoms with Crippen LogP contribution in [0.2, 0.25) is 0 Å². The quantitative estimate of drug-likeness (QED) is 0.684. The second-order valence-corrected chi connectivity index (χ2v) is 2.47. The number of hydrogen-bond donors (Lipinski definition) is 1. The molecule has 0 aliphatic carbocycles. The number of methoxy groups -OCH3 is 1. The average Bonchev–Trinajstić information content (AvgIpc) is 2.27. The number of carbonyl (C=O) groups is 2. The molecular formula is C9H10N2O3. The topological polar surface area (TPSA) is 68.3 Å². The van der Waals surface area contributed by atoms with Crippen LogP contribution < -0.4 is 5.32 Å². The van der Waals surface area contributed by atoms with Crippen molar-refractivity contribution in [2.24, 2.45) is 0 Å². The Bertz CT molecular complexity index is 328. The van der Waals surface area contributed by atoms with E-state index in [0.717, 1.165) is 0 Å². The highest BCUT2D eigenvalue weighted by Gasteiger charge is 2.17. The second-order valence-electron chi connectivity index (χ2n) is 2.47. The molecule has 5 nitrogen and oxygen atoms in total. The molecule has 1 heterocycles. The van der Waals surface area contributed by atoms with Gasteiger partial charge < -0.3 is 10.1 Å². The lowest BCUT2D eigenvalue weighted by Gasteiger charge is -2.04. The van der Waals surface area contributed by atoms with Crippen LogP contribution in [0, 0.1) is 0 Å². The molecule has 0 saturated carbocycles. The van der Waals surface area contributed by atoms with Crippen molar-refractivity contribution < 1.29 is 14.3 Å². The fraction of sp³-hybridized carbons (Fsp3) is 0.222. The predicted octanol–water partition coefficient (Wildman–Crippen LogP) is 0.228. The van der Waals surface area contributed by atoms with Gasteiger partial charge in [0.05, 0.1) is 12.7 Å². The number of nitrogens with one attached hydrogen (secondary N) is 1. The van der Waals surface area contributed by atoms with E-state index in [1.807, 2.05) is 0 Å². The first-order valence-electron chi connectivity index (χ1n) is 3.96. The van der Waals surface area contributed by atoms with Crippen LogP contribution in [-0.2, 0) is 4.74 Å². The van der Waals surface area contributed by atoms with Crippen LogP contribution in [0.5, 0.6) is 0 Å². The van der Waals surface area contributed by atoms with Crippen LogP contribution in [0.15, 0.2) is 18.3 Å². The third kappa shape index (κ3) is 1.87. The highest BCUT2D eigenvalue weighted by Crippen LogP contribution is 2.06. The molecule has 0 saturated heterocycles. The van der Waals surface area contributed by atoms with Gasteiger partial charge in [0.1, 0.15) is 0 Å². The second kappa shape index (κ2) is 4.36. The molecule has 0 aromatic carbocycles. The maximum Gasteiger partial charge on any atom is 0.357 e. The summed E-state index contributed by atoms with van der Waals surface area (Å²) in [5.74, 6) is -0.984. The van der Waals surface area contributed by atoms with Crippen molar-refractivity contribution in [3.05, 3.63) is 29.6 Å². The molecule has 0 bridgehead atoms. The molecule has 1 rings (SSSR count). The number of rotatable bonds is 2. The summed E-state index contributed by atoms with van der Waals surface area (Å²) in [6.45, 7) is 0. The van der Waals surface area contributed by atoms with Gasteiger partial charge >= 0.3 is 5.97 Å². The third-order valence-corrected chi connectivity index (χ3v) is 1.66. The Morgan fingerprint density at radius 1 is 1.50 bits per heavy atom. The molecule has 0 aliphatic heterocycles.